The van der Waals surface area contributed by atoms with E-state index in [-0.39, 0.29) is 11.9 Å². The highest BCUT2D eigenvalue weighted by Crippen LogP contribution is 2.29. The summed E-state index contributed by atoms with van der Waals surface area (Å²) >= 11 is 1.72. The molecule has 3 heterocycles. The van der Waals surface area contributed by atoms with E-state index in [0.29, 0.717) is 0 Å². The van der Waals surface area contributed by atoms with Gasteiger partial charge in [-0.15, -0.1) is 0 Å². The first-order chi connectivity index (χ1) is 12.3. The van der Waals surface area contributed by atoms with E-state index in [0.717, 1.165) is 43.2 Å². The molecule has 0 N–H and O–H groups in total. The van der Waals surface area contributed by atoms with Gasteiger partial charge in [-0.05, 0) is 24.6 Å². The smallest absolute Gasteiger partial charge is 0.247 e. The summed E-state index contributed by atoms with van der Waals surface area (Å²) in [5.41, 5.74) is 1.05. The van der Waals surface area contributed by atoms with Crippen molar-refractivity contribution in [1.29, 1.82) is 0 Å². The zero-order valence-corrected chi connectivity index (χ0v) is 15.0. The summed E-state index contributed by atoms with van der Waals surface area (Å²) in [4.78, 5) is 21.8. The SMILES string of the molecule is CC[C@@H](C(=O)N1CCN(c2nc3ccccc3s2)CC1)n1cccn1. The van der Waals surface area contributed by atoms with E-state index in [2.05, 4.69) is 16.1 Å². The van der Waals surface area contributed by atoms with Crippen molar-refractivity contribution in [2.45, 2.75) is 19.4 Å². The third kappa shape index (κ3) is 3.11. The van der Waals surface area contributed by atoms with Crippen LogP contribution in [0, 0.1) is 0 Å². The molecule has 0 radical (unpaired) electrons. The predicted octanol–water partition coefficient (Wildman–Crippen LogP) is 2.79. The fourth-order valence-electron chi connectivity index (χ4n) is 3.26. The minimum Gasteiger partial charge on any atom is -0.345 e. The van der Waals surface area contributed by atoms with E-state index in [1.54, 1.807) is 22.2 Å². The van der Waals surface area contributed by atoms with Gasteiger partial charge >= 0.3 is 0 Å². The highest BCUT2D eigenvalue weighted by Gasteiger charge is 2.28. The number of nitrogens with zero attached hydrogens (tertiary/aromatic N) is 5. The van der Waals surface area contributed by atoms with Gasteiger partial charge in [0.15, 0.2) is 5.13 Å². The maximum absolute atomic E-state index is 12.8. The van der Waals surface area contributed by atoms with Crippen molar-refractivity contribution in [3.8, 4) is 0 Å². The van der Waals surface area contributed by atoms with Crippen LogP contribution in [0.3, 0.4) is 0 Å². The fraction of sp³-hybridized carbons (Fsp3) is 0.389. The van der Waals surface area contributed by atoms with Gasteiger partial charge in [-0.25, -0.2) is 4.98 Å². The zero-order valence-electron chi connectivity index (χ0n) is 14.2. The number of amides is 1. The first-order valence-corrected chi connectivity index (χ1v) is 9.46. The molecule has 1 aliphatic heterocycles. The second-order valence-electron chi connectivity index (χ2n) is 6.19. The van der Waals surface area contributed by atoms with E-state index in [4.69, 9.17) is 4.98 Å². The summed E-state index contributed by atoms with van der Waals surface area (Å²) in [6.07, 6.45) is 4.34. The molecular formula is C18H21N5OS. The van der Waals surface area contributed by atoms with Crippen LogP contribution in [0.4, 0.5) is 5.13 Å². The van der Waals surface area contributed by atoms with Crippen molar-refractivity contribution in [2.75, 3.05) is 31.1 Å². The van der Waals surface area contributed by atoms with Crippen molar-refractivity contribution < 1.29 is 4.79 Å². The molecule has 1 saturated heterocycles. The second-order valence-corrected chi connectivity index (χ2v) is 7.20. The van der Waals surface area contributed by atoms with Crippen molar-refractivity contribution >= 4 is 32.6 Å². The van der Waals surface area contributed by atoms with Gasteiger partial charge in [0.05, 0.1) is 10.2 Å². The third-order valence-corrected chi connectivity index (χ3v) is 5.76. The van der Waals surface area contributed by atoms with Gasteiger partial charge in [0.25, 0.3) is 0 Å². The fourth-order valence-corrected chi connectivity index (χ4v) is 4.28. The maximum Gasteiger partial charge on any atom is 0.247 e. The molecule has 0 saturated carbocycles. The molecule has 1 aliphatic rings. The molecule has 4 rings (SSSR count). The Morgan fingerprint density at radius 1 is 1.20 bits per heavy atom. The number of para-hydroxylation sites is 1. The molecule has 0 aliphatic carbocycles. The van der Waals surface area contributed by atoms with Crippen LogP contribution >= 0.6 is 11.3 Å². The summed E-state index contributed by atoms with van der Waals surface area (Å²) < 4.78 is 2.98. The summed E-state index contributed by atoms with van der Waals surface area (Å²) in [5, 5.41) is 5.29. The Bertz CT molecular complexity index is 818. The number of carbonyl (C=O) groups excluding carboxylic acids is 1. The number of anilines is 1. The molecule has 1 atom stereocenters. The molecule has 0 spiro atoms. The van der Waals surface area contributed by atoms with Gasteiger partial charge in [0.1, 0.15) is 6.04 Å². The number of benzene rings is 1. The normalized spacial score (nSPS) is 16.4. The number of thiazole rings is 1. The van der Waals surface area contributed by atoms with Crippen molar-refractivity contribution in [1.82, 2.24) is 19.7 Å². The second kappa shape index (κ2) is 6.84. The van der Waals surface area contributed by atoms with Crippen molar-refractivity contribution in [2.24, 2.45) is 0 Å². The molecule has 0 unspecified atom stereocenters. The highest BCUT2D eigenvalue weighted by atomic mass is 32.1. The summed E-state index contributed by atoms with van der Waals surface area (Å²) in [6, 6.07) is 9.87. The highest BCUT2D eigenvalue weighted by molar-refractivity contribution is 7.22. The Kier molecular flexibility index (Phi) is 4.40. The van der Waals surface area contributed by atoms with Crippen molar-refractivity contribution in [3.05, 3.63) is 42.7 Å². The molecule has 7 heteroatoms. The predicted molar refractivity (Wildman–Crippen MR) is 100.0 cm³/mol. The van der Waals surface area contributed by atoms with Crippen molar-refractivity contribution in [3.63, 3.8) is 0 Å². The van der Waals surface area contributed by atoms with E-state index >= 15 is 0 Å². The number of rotatable bonds is 4. The van der Waals surface area contributed by atoms with Crippen LogP contribution in [0.5, 0.6) is 0 Å². The summed E-state index contributed by atoms with van der Waals surface area (Å²) in [5.74, 6) is 0.162. The lowest BCUT2D eigenvalue weighted by molar-refractivity contribution is -0.135. The first-order valence-electron chi connectivity index (χ1n) is 8.64. The van der Waals surface area contributed by atoms with Crippen LogP contribution in [0.2, 0.25) is 0 Å². The lowest BCUT2D eigenvalue weighted by Crippen LogP contribution is -2.50. The Morgan fingerprint density at radius 3 is 2.68 bits per heavy atom. The van der Waals surface area contributed by atoms with E-state index in [1.165, 1.54) is 4.70 Å². The molecule has 2 aromatic heterocycles. The zero-order chi connectivity index (χ0) is 17.2. The molecule has 1 fully saturated rings. The van der Waals surface area contributed by atoms with Gasteiger partial charge < -0.3 is 9.80 Å². The van der Waals surface area contributed by atoms with E-state index < -0.39 is 0 Å². The number of aromatic nitrogens is 3. The Labute approximate surface area is 150 Å². The lowest BCUT2D eigenvalue weighted by Gasteiger charge is -2.36. The lowest BCUT2D eigenvalue weighted by atomic mass is 10.2. The van der Waals surface area contributed by atoms with Gasteiger partial charge in [-0.1, -0.05) is 30.4 Å². The van der Waals surface area contributed by atoms with E-state index in [9.17, 15) is 4.79 Å². The maximum atomic E-state index is 12.8. The van der Waals surface area contributed by atoms with Crippen LogP contribution in [-0.2, 0) is 4.79 Å². The number of fused-ring (bicyclic) bond motifs is 1. The molecule has 0 bridgehead atoms. The molecular weight excluding hydrogens is 334 g/mol. The van der Waals surface area contributed by atoms with E-state index in [1.807, 2.05) is 42.3 Å². The van der Waals surface area contributed by atoms with Crippen LogP contribution in [0.15, 0.2) is 42.7 Å². The quantitative estimate of drug-likeness (QED) is 0.722. The Morgan fingerprint density at radius 2 is 2.00 bits per heavy atom. The molecule has 3 aromatic rings. The summed E-state index contributed by atoms with van der Waals surface area (Å²) in [7, 11) is 0. The minimum atomic E-state index is -0.205. The van der Waals surface area contributed by atoms with Crippen LogP contribution in [0.1, 0.15) is 19.4 Å². The molecule has 25 heavy (non-hydrogen) atoms. The van der Waals surface area contributed by atoms with Gasteiger partial charge in [-0.3, -0.25) is 9.48 Å². The average molecular weight is 355 g/mol. The average Bonchev–Trinajstić information content (AvgIpc) is 3.32. The van der Waals surface area contributed by atoms with Gasteiger partial charge in [0, 0.05) is 38.6 Å². The standard InChI is InChI=1S/C18H21N5OS/c1-2-15(23-9-5-8-19-23)17(24)21-10-12-22(13-11-21)18-20-14-6-3-4-7-16(14)25-18/h3-9,15H,2,10-13H2,1H3/t15-/m0/s1. The molecule has 130 valence electrons. The summed E-state index contributed by atoms with van der Waals surface area (Å²) in [6.45, 7) is 5.13. The van der Waals surface area contributed by atoms with Gasteiger partial charge in [-0.2, -0.15) is 5.10 Å². The Balaban J connectivity index is 1.43. The molecule has 1 aromatic carbocycles. The Hall–Kier alpha value is -2.41. The van der Waals surface area contributed by atoms with Gasteiger partial charge in [0.2, 0.25) is 5.91 Å². The van der Waals surface area contributed by atoms with Crippen LogP contribution in [-0.4, -0.2) is 51.8 Å². The van der Waals surface area contributed by atoms with Crippen LogP contribution < -0.4 is 4.90 Å². The van der Waals surface area contributed by atoms with Crippen LogP contribution in [0.25, 0.3) is 10.2 Å². The first kappa shape index (κ1) is 16.1. The number of hydrogen-bond donors (Lipinski definition) is 0. The minimum absolute atomic E-state index is 0.162. The largest absolute Gasteiger partial charge is 0.345 e. The topological polar surface area (TPSA) is 54.3 Å². The number of carbonyl (C=O) groups is 1. The molecule has 6 nitrogen and oxygen atoms in total. The number of piperazine rings is 1. The third-order valence-electron chi connectivity index (χ3n) is 4.66. The molecule has 1 amide bonds. The monoisotopic (exact) mass is 355 g/mol. The number of hydrogen-bond acceptors (Lipinski definition) is 5.